The SMILES string of the molecule is CCc1ccc(C2CC(=O)N(c3ccccc3)C3=C2C(=O)CC(C)(C)C3)cc1. The first-order valence-corrected chi connectivity index (χ1v) is 10.1. The number of amides is 1. The van der Waals surface area contributed by atoms with Gasteiger partial charge in [0.05, 0.1) is 0 Å². The molecule has 2 aromatic carbocycles. The van der Waals surface area contributed by atoms with Crippen molar-refractivity contribution < 1.29 is 9.59 Å². The van der Waals surface area contributed by atoms with E-state index in [-0.39, 0.29) is 23.0 Å². The second-order valence-corrected chi connectivity index (χ2v) is 8.72. The number of allylic oxidation sites excluding steroid dienone is 2. The summed E-state index contributed by atoms with van der Waals surface area (Å²) in [5.74, 6) is 0.112. The van der Waals surface area contributed by atoms with Gasteiger partial charge in [0, 0.05) is 35.7 Å². The Balaban J connectivity index is 1.86. The molecule has 2 aliphatic rings. The molecule has 1 atom stereocenters. The zero-order valence-corrected chi connectivity index (χ0v) is 16.9. The second kappa shape index (κ2) is 7.05. The van der Waals surface area contributed by atoms with E-state index in [9.17, 15) is 9.59 Å². The highest BCUT2D eigenvalue weighted by Gasteiger charge is 2.44. The third-order valence-electron chi connectivity index (χ3n) is 5.95. The van der Waals surface area contributed by atoms with Gasteiger partial charge in [-0.3, -0.25) is 14.5 Å². The fourth-order valence-corrected chi connectivity index (χ4v) is 4.56. The molecular formula is C25H27NO2. The number of hydrogen-bond acceptors (Lipinski definition) is 2. The molecule has 3 heteroatoms. The number of para-hydroxylation sites is 1. The second-order valence-electron chi connectivity index (χ2n) is 8.72. The topological polar surface area (TPSA) is 37.4 Å². The largest absolute Gasteiger partial charge is 0.294 e. The molecule has 1 unspecified atom stereocenters. The summed E-state index contributed by atoms with van der Waals surface area (Å²) in [7, 11) is 0. The van der Waals surface area contributed by atoms with Crippen LogP contribution in [0.3, 0.4) is 0 Å². The summed E-state index contributed by atoms with van der Waals surface area (Å²) in [6.07, 6.45) is 2.59. The van der Waals surface area contributed by atoms with Crippen molar-refractivity contribution in [3.63, 3.8) is 0 Å². The van der Waals surface area contributed by atoms with Crippen LogP contribution >= 0.6 is 0 Å². The highest BCUT2D eigenvalue weighted by molar-refractivity contribution is 6.07. The number of benzene rings is 2. The van der Waals surface area contributed by atoms with E-state index in [1.54, 1.807) is 4.90 Å². The molecule has 0 fully saturated rings. The van der Waals surface area contributed by atoms with Gasteiger partial charge in [-0.05, 0) is 41.5 Å². The van der Waals surface area contributed by atoms with Gasteiger partial charge in [-0.1, -0.05) is 63.2 Å². The number of ketones is 1. The Labute approximate surface area is 167 Å². The van der Waals surface area contributed by atoms with Crippen molar-refractivity contribution in [1.82, 2.24) is 0 Å². The van der Waals surface area contributed by atoms with Crippen LogP contribution in [0.25, 0.3) is 0 Å². The number of hydrogen-bond donors (Lipinski definition) is 0. The van der Waals surface area contributed by atoms with Crippen molar-refractivity contribution in [2.24, 2.45) is 5.41 Å². The summed E-state index contributed by atoms with van der Waals surface area (Å²) in [6.45, 7) is 6.36. The van der Waals surface area contributed by atoms with Crippen LogP contribution in [0.1, 0.15) is 57.1 Å². The maximum Gasteiger partial charge on any atom is 0.232 e. The van der Waals surface area contributed by atoms with E-state index < -0.39 is 0 Å². The van der Waals surface area contributed by atoms with Crippen molar-refractivity contribution in [3.8, 4) is 0 Å². The molecule has 1 heterocycles. The zero-order valence-electron chi connectivity index (χ0n) is 16.9. The average molecular weight is 373 g/mol. The van der Waals surface area contributed by atoms with Crippen LogP contribution in [0.2, 0.25) is 0 Å². The minimum atomic E-state index is -0.142. The summed E-state index contributed by atoms with van der Waals surface area (Å²) in [4.78, 5) is 28.3. The maximum absolute atomic E-state index is 13.3. The lowest BCUT2D eigenvalue weighted by Crippen LogP contribution is -2.43. The number of aryl methyl sites for hydroxylation is 1. The van der Waals surface area contributed by atoms with Crippen LogP contribution in [-0.2, 0) is 16.0 Å². The van der Waals surface area contributed by atoms with Gasteiger partial charge in [0.2, 0.25) is 5.91 Å². The highest BCUT2D eigenvalue weighted by atomic mass is 16.2. The third-order valence-corrected chi connectivity index (χ3v) is 5.95. The Hall–Kier alpha value is -2.68. The van der Waals surface area contributed by atoms with Crippen LogP contribution < -0.4 is 4.90 Å². The number of Topliss-reactive ketones (excluding diaryl/α,β-unsaturated/α-hetero) is 1. The molecule has 144 valence electrons. The fourth-order valence-electron chi connectivity index (χ4n) is 4.56. The molecule has 1 amide bonds. The summed E-state index contributed by atoms with van der Waals surface area (Å²) >= 11 is 0. The summed E-state index contributed by atoms with van der Waals surface area (Å²) in [6, 6.07) is 18.1. The van der Waals surface area contributed by atoms with Crippen molar-refractivity contribution in [1.29, 1.82) is 0 Å². The number of carbonyl (C=O) groups excluding carboxylic acids is 2. The van der Waals surface area contributed by atoms with Gasteiger partial charge in [-0.25, -0.2) is 0 Å². The molecule has 28 heavy (non-hydrogen) atoms. The molecule has 0 aromatic heterocycles. The van der Waals surface area contributed by atoms with Crippen LogP contribution in [-0.4, -0.2) is 11.7 Å². The van der Waals surface area contributed by atoms with E-state index in [0.717, 1.165) is 35.4 Å². The summed E-state index contributed by atoms with van der Waals surface area (Å²) < 4.78 is 0. The molecule has 0 spiro atoms. The lowest BCUT2D eigenvalue weighted by Gasteiger charge is -2.43. The first kappa shape index (κ1) is 18.7. The minimum absolute atomic E-state index is 0.0695. The van der Waals surface area contributed by atoms with Crippen molar-refractivity contribution in [3.05, 3.63) is 77.0 Å². The predicted octanol–water partition coefficient (Wildman–Crippen LogP) is 5.41. The Morgan fingerprint density at radius 3 is 2.29 bits per heavy atom. The van der Waals surface area contributed by atoms with Crippen molar-refractivity contribution in [2.75, 3.05) is 4.90 Å². The molecule has 4 rings (SSSR count). The van der Waals surface area contributed by atoms with Gasteiger partial charge < -0.3 is 0 Å². The highest BCUT2D eigenvalue weighted by Crippen LogP contribution is 2.48. The maximum atomic E-state index is 13.3. The van der Waals surface area contributed by atoms with E-state index in [0.29, 0.717) is 12.8 Å². The molecule has 2 aromatic rings. The lowest BCUT2D eigenvalue weighted by molar-refractivity contribution is -0.121. The molecule has 3 nitrogen and oxygen atoms in total. The van der Waals surface area contributed by atoms with Gasteiger partial charge in [0.25, 0.3) is 0 Å². The van der Waals surface area contributed by atoms with E-state index in [4.69, 9.17) is 0 Å². The Bertz CT molecular complexity index is 938. The molecular weight excluding hydrogens is 346 g/mol. The van der Waals surface area contributed by atoms with Gasteiger partial charge in [-0.2, -0.15) is 0 Å². The lowest BCUT2D eigenvalue weighted by atomic mass is 9.69. The Morgan fingerprint density at radius 1 is 0.964 bits per heavy atom. The first-order chi connectivity index (χ1) is 13.4. The van der Waals surface area contributed by atoms with Gasteiger partial charge in [0.15, 0.2) is 5.78 Å². The van der Waals surface area contributed by atoms with Crippen LogP contribution in [0.4, 0.5) is 5.69 Å². The monoisotopic (exact) mass is 373 g/mol. The number of nitrogens with zero attached hydrogens (tertiary/aromatic N) is 1. The van der Waals surface area contributed by atoms with E-state index >= 15 is 0 Å². The van der Waals surface area contributed by atoms with E-state index in [2.05, 4.69) is 45.0 Å². The zero-order chi connectivity index (χ0) is 19.9. The quantitative estimate of drug-likeness (QED) is 0.721. The normalized spacial score (nSPS) is 21.7. The molecule has 0 bridgehead atoms. The van der Waals surface area contributed by atoms with Gasteiger partial charge >= 0.3 is 0 Å². The van der Waals surface area contributed by atoms with Gasteiger partial charge in [0.1, 0.15) is 0 Å². The first-order valence-electron chi connectivity index (χ1n) is 10.1. The standard InChI is InChI=1S/C25H27NO2/c1-4-17-10-12-18(13-11-17)20-14-23(28)26(19-8-6-5-7-9-19)21-15-25(2,3)16-22(27)24(20)21/h5-13,20H,4,14-16H2,1-3H3. The minimum Gasteiger partial charge on any atom is -0.294 e. The molecule has 0 saturated heterocycles. The number of carbonyl (C=O) groups is 2. The van der Waals surface area contributed by atoms with E-state index in [1.165, 1.54) is 5.56 Å². The van der Waals surface area contributed by atoms with Crippen molar-refractivity contribution >= 4 is 17.4 Å². The molecule has 0 N–H and O–H groups in total. The smallest absolute Gasteiger partial charge is 0.232 e. The fraction of sp³-hybridized carbons (Fsp3) is 0.360. The molecule has 0 saturated carbocycles. The van der Waals surface area contributed by atoms with Crippen molar-refractivity contribution in [2.45, 2.75) is 52.4 Å². The molecule has 0 radical (unpaired) electrons. The summed E-state index contributed by atoms with van der Waals surface area (Å²) in [5, 5.41) is 0. The molecule has 1 aliphatic carbocycles. The summed E-state index contributed by atoms with van der Waals surface area (Å²) in [5.41, 5.74) is 4.78. The van der Waals surface area contributed by atoms with E-state index in [1.807, 2.05) is 30.3 Å². The Morgan fingerprint density at radius 2 is 1.64 bits per heavy atom. The predicted molar refractivity (Wildman–Crippen MR) is 112 cm³/mol. The molecule has 1 aliphatic heterocycles. The number of anilines is 1. The van der Waals surface area contributed by atoms with Crippen LogP contribution in [0.15, 0.2) is 65.9 Å². The van der Waals surface area contributed by atoms with Gasteiger partial charge in [-0.15, -0.1) is 0 Å². The van der Waals surface area contributed by atoms with Crippen LogP contribution in [0.5, 0.6) is 0 Å². The average Bonchev–Trinajstić information content (AvgIpc) is 2.67. The third kappa shape index (κ3) is 3.30. The number of rotatable bonds is 3. The van der Waals surface area contributed by atoms with Crippen LogP contribution in [0, 0.1) is 5.41 Å². The Kier molecular flexibility index (Phi) is 4.70.